The highest BCUT2D eigenvalue weighted by Gasteiger charge is 2.24. The van der Waals surface area contributed by atoms with Crippen LogP contribution < -0.4 is 0 Å². The van der Waals surface area contributed by atoms with Crippen LogP contribution in [0.15, 0.2) is 37.1 Å². The normalized spacial score (nSPS) is 15.4. The zero-order chi connectivity index (χ0) is 16.3. The smallest absolute Gasteiger partial charge is 0.333 e. The molecule has 1 aliphatic heterocycles. The van der Waals surface area contributed by atoms with Crippen molar-refractivity contribution in [3.63, 3.8) is 0 Å². The predicted molar refractivity (Wildman–Crippen MR) is 73.2 cm³/mol. The summed E-state index contributed by atoms with van der Waals surface area (Å²) in [6, 6.07) is 0. The van der Waals surface area contributed by atoms with E-state index >= 15 is 0 Å². The van der Waals surface area contributed by atoms with Gasteiger partial charge in [-0.1, -0.05) is 19.2 Å². The topological polar surface area (TPSA) is 102 Å². The van der Waals surface area contributed by atoms with Gasteiger partial charge in [-0.15, -0.1) is 0 Å². The Morgan fingerprint density at radius 1 is 1.43 bits per heavy atom. The zero-order valence-corrected chi connectivity index (χ0v) is 11.7. The van der Waals surface area contributed by atoms with Crippen molar-refractivity contribution >= 4 is 17.9 Å². The van der Waals surface area contributed by atoms with Crippen molar-refractivity contribution in [3.05, 3.63) is 37.1 Å². The van der Waals surface area contributed by atoms with E-state index in [4.69, 9.17) is 14.6 Å². The third-order valence-corrected chi connectivity index (χ3v) is 1.97. The largest absolute Gasteiger partial charge is 0.478 e. The maximum atomic E-state index is 11.2. The summed E-state index contributed by atoms with van der Waals surface area (Å²) in [6.45, 7) is 8.83. The molecule has 0 amide bonds. The lowest BCUT2D eigenvalue weighted by Crippen LogP contribution is -2.11. The summed E-state index contributed by atoms with van der Waals surface area (Å²) in [5.41, 5.74) is 0.230. The van der Waals surface area contributed by atoms with Gasteiger partial charge in [0, 0.05) is 18.6 Å². The van der Waals surface area contributed by atoms with Crippen LogP contribution >= 0.6 is 0 Å². The number of esters is 2. The van der Waals surface area contributed by atoms with E-state index in [9.17, 15) is 14.4 Å². The molecule has 1 N–H and O–H groups in total. The average Bonchev–Trinajstić information content (AvgIpc) is 3.19. The first-order valence-electron chi connectivity index (χ1n) is 6.01. The van der Waals surface area contributed by atoms with Crippen LogP contribution in [0, 0.1) is 0 Å². The van der Waals surface area contributed by atoms with Gasteiger partial charge in [-0.25, -0.2) is 9.59 Å². The van der Waals surface area contributed by atoms with Crippen LogP contribution in [0.5, 0.6) is 0 Å². The van der Waals surface area contributed by atoms with Crippen LogP contribution in [0.2, 0.25) is 0 Å². The molecule has 0 radical (unpaired) electrons. The Hall–Kier alpha value is -2.41. The Bertz CT molecular complexity index is 433. The number of aliphatic carboxylic acids is 1. The van der Waals surface area contributed by atoms with E-state index in [1.807, 2.05) is 0 Å². The lowest BCUT2D eigenvalue weighted by Gasteiger charge is -2.02. The summed E-state index contributed by atoms with van der Waals surface area (Å²) in [5, 5.41) is 8.30. The zero-order valence-electron chi connectivity index (χ0n) is 11.7. The summed E-state index contributed by atoms with van der Waals surface area (Å²) in [4.78, 5) is 31.1. The molecule has 7 heteroatoms. The fraction of sp³-hybridized carbons (Fsp3) is 0.357. The Balaban J connectivity index is 0.000000567. The van der Waals surface area contributed by atoms with Crippen molar-refractivity contribution in [3.8, 4) is 0 Å². The van der Waals surface area contributed by atoms with Crippen molar-refractivity contribution < 1.29 is 33.7 Å². The Labute approximate surface area is 122 Å². The first-order chi connectivity index (χ1) is 9.86. The highest BCUT2D eigenvalue weighted by Crippen LogP contribution is 2.10. The molecule has 7 nitrogen and oxygen atoms in total. The third kappa shape index (κ3) is 12.4. The molecule has 0 saturated carbocycles. The van der Waals surface area contributed by atoms with Gasteiger partial charge in [-0.2, -0.15) is 0 Å². The Morgan fingerprint density at radius 2 is 2.05 bits per heavy atom. The van der Waals surface area contributed by atoms with E-state index in [2.05, 4.69) is 17.9 Å². The van der Waals surface area contributed by atoms with Gasteiger partial charge in [0.15, 0.2) is 0 Å². The highest BCUT2D eigenvalue weighted by atomic mass is 16.6. The van der Waals surface area contributed by atoms with Crippen LogP contribution in [0.25, 0.3) is 0 Å². The van der Waals surface area contributed by atoms with Crippen LogP contribution in [0.3, 0.4) is 0 Å². The van der Waals surface area contributed by atoms with Crippen molar-refractivity contribution in [2.75, 3.05) is 13.2 Å². The van der Waals surface area contributed by atoms with Crippen LogP contribution in [-0.4, -0.2) is 42.3 Å². The number of carboxylic acid groups (broad SMARTS) is 1. The number of carboxylic acids is 1. The van der Waals surface area contributed by atoms with Gasteiger partial charge in [0.2, 0.25) is 0 Å². The summed E-state index contributed by atoms with van der Waals surface area (Å²) in [5.74, 6) is -1.90. The Kier molecular flexibility index (Phi) is 9.19. The number of rotatable bonds is 7. The highest BCUT2D eigenvalue weighted by molar-refractivity contribution is 5.88. The lowest BCUT2D eigenvalue weighted by atomic mass is 10.2. The molecular formula is C14H18O7. The van der Waals surface area contributed by atoms with Gasteiger partial charge in [0.05, 0.1) is 12.9 Å². The monoisotopic (exact) mass is 298 g/mol. The summed E-state index contributed by atoms with van der Waals surface area (Å²) in [6.07, 6.45) is 3.61. The number of epoxide rings is 1. The molecule has 116 valence electrons. The van der Waals surface area contributed by atoms with E-state index in [1.54, 1.807) is 0 Å². The van der Waals surface area contributed by atoms with Crippen LogP contribution in [0.4, 0.5) is 0 Å². The molecule has 1 fully saturated rings. The molecule has 0 aromatic heterocycles. The minimum Gasteiger partial charge on any atom is -0.478 e. The molecule has 0 bridgehead atoms. The second-order valence-corrected chi connectivity index (χ2v) is 3.88. The maximum absolute atomic E-state index is 11.2. The van der Waals surface area contributed by atoms with Gasteiger partial charge in [0.1, 0.15) is 12.7 Å². The molecule has 1 atom stereocenters. The second kappa shape index (κ2) is 10.4. The van der Waals surface area contributed by atoms with E-state index in [0.717, 1.165) is 12.3 Å². The number of carbonyl (C=O) groups excluding carboxylic acids is 2. The number of hydrogen-bond donors (Lipinski definition) is 1. The molecule has 21 heavy (non-hydrogen) atoms. The van der Waals surface area contributed by atoms with E-state index in [0.29, 0.717) is 6.61 Å². The van der Waals surface area contributed by atoms with Crippen molar-refractivity contribution in [2.45, 2.75) is 19.4 Å². The molecule has 1 heterocycles. The van der Waals surface area contributed by atoms with Crippen molar-refractivity contribution in [1.29, 1.82) is 0 Å². The van der Waals surface area contributed by atoms with Crippen LogP contribution in [0.1, 0.15) is 13.3 Å². The van der Waals surface area contributed by atoms with Gasteiger partial charge in [-0.05, 0) is 6.42 Å². The SMILES string of the molecule is C=C(CC=CC(=O)O)C(=O)OCC1CO1.C=COC(C)=O. The minimum atomic E-state index is -1.05. The average molecular weight is 298 g/mol. The molecule has 1 unspecified atom stereocenters. The quantitative estimate of drug-likeness (QED) is 0.326. The van der Waals surface area contributed by atoms with Gasteiger partial charge in [0.25, 0.3) is 0 Å². The van der Waals surface area contributed by atoms with Gasteiger partial charge in [-0.3, -0.25) is 4.79 Å². The van der Waals surface area contributed by atoms with Crippen molar-refractivity contribution in [2.24, 2.45) is 0 Å². The van der Waals surface area contributed by atoms with Gasteiger partial charge < -0.3 is 19.3 Å². The predicted octanol–water partition coefficient (Wildman–Crippen LogP) is 1.21. The number of allylic oxidation sites excluding steroid dienone is 1. The Morgan fingerprint density at radius 3 is 2.43 bits per heavy atom. The fourth-order valence-corrected chi connectivity index (χ4v) is 0.938. The molecule has 0 aromatic carbocycles. The molecule has 1 saturated heterocycles. The van der Waals surface area contributed by atoms with Crippen molar-refractivity contribution in [1.82, 2.24) is 0 Å². The van der Waals surface area contributed by atoms with E-state index in [-0.39, 0.29) is 30.7 Å². The summed E-state index contributed by atoms with van der Waals surface area (Å²) < 4.78 is 13.9. The molecule has 0 aromatic rings. The summed E-state index contributed by atoms with van der Waals surface area (Å²) in [7, 11) is 0. The molecule has 1 aliphatic rings. The summed E-state index contributed by atoms with van der Waals surface area (Å²) >= 11 is 0. The number of hydrogen-bond acceptors (Lipinski definition) is 6. The number of ether oxygens (including phenoxy) is 3. The maximum Gasteiger partial charge on any atom is 0.333 e. The van der Waals surface area contributed by atoms with E-state index < -0.39 is 11.9 Å². The molecule has 1 rings (SSSR count). The van der Waals surface area contributed by atoms with E-state index in [1.165, 1.54) is 13.0 Å². The lowest BCUT2D eigenvalue weighted by molar-refractivity contribution is -0.139. The molecule has 0 aliphatic carbocycles. The van der Waals surface area contributed by atoms with Crippen LogP contribution in [-0.2, 0) is 28.6 Å². The molecular weight excluding hydrogens is 280 g/mol. The van der Waals surface area contributed by atoms with Gasteiger partial charge >= 0.3 is 17.9 Å². The number of carbonyl (C=O) groups is 3. The second-order valence-electron chi connectivity index (χ2n) is 3.88. The third-order valence-electron chi connectivity index (χ3n) is 1.97. The first-order valence-corrected chi connectivity index (χ1v) is 6.01. The standard InChI is InChI=1S/C10H12O5.C4H6O2/c1-7(3-2-4-9(11)12)10(13)15-6-8-5-14-8;1-3-6-4(2)5/h2,4,8H,1,3,5-6H2,(H,11,12);3H,1H2,2H3. The first kappa shape index (κ1) is 18.6. The fourth-order valence-electron chi connectivity index (χ4n) is 0.938. The molecule has 0 spiro atoms. The minimum absolute atomic E-state index is 0.0244.